The van der Waals surface area contributed by atoms with Crippen LogP contribution in [0.2, 0.25) is 5.02 Å². The van der Waals surface area contributed by atoms with Crippen LogP contribution in [0.25, 0.3) is 0 Å². The van der Waals surface area contributed by atoms with Crippen molar-refractivity contribution in [3.05, 3.63) is 44.6 Å². The molecule has 1 heterocycles. The van der Waals surface area contributed by atoms with Crippen LogP contribution in [-0.4, -0.2) is 5.91 Å². The molecule has 0 aliphatic carbocycles. The first kappa shape index (κ1) is 12.9. The summed E-state index contributed by atoms with van der Waals surface area (Å²) in [7, 11) is 0. The van der Waals surface area contributed by atoms with Crippen LogP contribution >= 0.6 is 22.9 Å². The number of aryl methyl sites for hydroxylation is 2. The molecule has 2 rings (SSSR count). The zero-order valence-corrected chi connectivity index (χ0v) is 11.7. The number of amides is 1. The number of hydrogen-bond acceptors (Lipinski definition) is 3. The van der Waals surface area contributed by atoms with E-state index in [1.807, 2.05) is 26.0 Å². The topological polar surface area (TPSA) is 55.1 Å². The Morgan fingerprint density at radius 2 is 2.06 bits per heavy atom. The highest BCUT2D eigenvalue weighted by Gasteiger charge is 2.11. The van der Waals surface area contributed by atoms with Crippen LogP contribution in [-0.2, 0) is 0 Å². The minimum atomic E-state index is -0.128. The van der Waals surface area contributed by atoms with Crippen molar-refractivity contribution in [3.8, 4) is 0 Å². The van der Waals surface area contributed by atoms with Crippen LogP contribution in [0.4, 0.5) is 11.4 Å². The molecule has 0 radical (unpaired) electrons. The Morgan fingerprint density at radius 3 is 2.67 bits per heavy atom. The smallest absolute Gasteiger partial charge is 0.265 e. The first-order chi connectivity index (χ1) is 8.47. The van der Waals surface area contributed by atoms with Crippen molar-refractivity contribution in [2.45, 2.75) is 13.8 Å². The second kappa shape index (κ2) is 5.00. The summed E-state index contributed by atoms with van der Waals surface area (Å²) in [6.45, 7) is 3.84. The van der Waals surface area contributed by atoms with Gasteiger partial charge in [0.2, 0.25) is 0 Å². The molecule has 0 saturated heterocycles. The number of rotatable bonds is 2. The monoisotopic (exact) mass is 280 g/mol. The number of halogens is 1. The number of nitrogen functional groups attached to an aromatic ring is 1. The average Bonchev–Trinajstić information content (AvgIpc) is 2.73. The van der Waals surface area contributed by atoms with E-state index in [0.717, 1.165) is 10.4 Å². The number of nitrogens with two attached hydrogens (primary N) is 1. The van der Waals surface area contributed by atoms with Crippen molar-refractivity contribution in [1.82, 2.24) is 0 Å². The van der Waals surface area contributed by atoms with E-state index in [1.54, 1.807) is 12.1 Å². The maximum absolute atomic E-state index is 12.0. The van der Waals surface area contributed by atoms with E-state index >= 15 is 0 Å². The molecular formula is C13H13ClN2OS. The lowest BCUT2D eigenvalue weighted by Crippen LogP contribution is -2.11. The maximum atomic E-state index is 12.0. The van der Waals surface area contributed by atoms with E-state index in [0.29, 0.717) is 21.3 Å². The SMILES string of the molecule is Cc1ccc(C(=O)Nc2cc(Cl)c(N)cc2C)s1. The summed E-state index contributed by atoms with van der Waals surface area (Å²) in [6.07, 6.45) is 0. The van der Waals surface area contributed by atoms with Gasteiger partial charge < -0.3 is 11.1 Å². The molecule has 18 heavy (non-hydrogen) atoms. The standard InChI is InChI=1S/C13H13ClN2OS/c1-7-5-10(15)9(14)6-11(7)16-13(17)12-4-3-8(2)18-12/h3-6H,15H2,1-2H3,(H,16,17). The molecule has 0 aliphatic heterocycles. The Hall–Kier alpha value is -1.52. The largest absolute Gasteiger partial charge is 0.398 e. The highest BCUT2D eigenvalue weighted by molar-refractivity contribution is 7.14. The normalized spacial score (nSPS) is 10.4. The van der Waals surface area contributed by atoms with Crippen LogP contribution in [0.1, 0.15) is 20.1 Å². The van der Waals surface area contributed by atoms with E-state index in [-0.39, 0.29) is 5.91 Å². The lowest BCUT2D eigenvalue weighted by molar-refractivity contribution is 0.103. The Kier molecular flexibility index (Phi) is 3.59. The number of anilines is 2. The average molecular weight is 281 g/mol. The molecule has 3 N–H and O–H groups in total. The fraction of sp³-hybridized carbons (Fsp3) is 0.154. The van der Waals surface area contributed by atoms with Crippen molar-refractivity contribution in [3.63, 3.8) is 0 Å². The molecule has 1 aromatic carbocycles. The minimum Gasteiger partial charge on any atom is -0.398 e. The number of nitrogens with one attached hydrogen (secondary N) is 1. The zero-order chi connectivity index (χ0) is 13.3. The second-order valence-electron chi connectivity index (χ2n) is 4.05. The summed E-state index contributed by atoms with van der Waals surface area (Å²) < 4.78 is 0. The Balaban J connectivity index is 2.24. The molecule has 2 aromatic rings. The van der Waals surface area contributed by atoms with Gasteiger partial charge in [0.05, 0.1) is 15.6 Å². The third-order valence-corrected chi connectivity index (χ3v) is 3.88. The number of hydrogen-bond donors (Lipinski definition) is 2. The van der Waals surface area contributed by atoms with Gasteiger partial charge in [0.1, 0.15) is 0 Å². The van der Waals surface area contributed by atoms with Gasteiger partial charge in [0.25, 0.3) is 5.91 Å². The first-order valence-electron chi connectivity index (χ1n) is 5.41. The number of thiophene rings is 1. The number of benzene rings is 1. The molecule has 0 saturated carbocycles. The van der Waals surface area contributed by atoms with Gasteiger partial charge in [0.15, 0.2) is 0 Å². The van der Waals surface area contributed by atoms with Gasteiger partial charge in [-0.3, -0.25) is 4.79 Å². The van der Waals surface area contributed by atoms with Gasteiger partial charge in [-0.2, -0.15) is 0 Å². The van der Waals surface area contributed by atoms with Crippen molar-refractivity contribution < 1.29 is 4.79 Å². The van der Waals surface area contributed by atoms with Crippen LogP contribution in [0.3, 0.4) is 0 Å². The van der Waals surface area contributed by atoms with Crippen molar-refractivity contribution in [2.75, 3.05) is 11.1 Å². The van der Waals surface area contributed by atoms with E-state index in [1.165, 1.54) is 11.3 Å². The van der Waals surface area contributed by atoms with Crippen LogP contribution in [0, 0.1) is 13.8 Å². The fourth-order valence-electron chi connectivity index (χ4n) is 1.58. The quantitative estimate of drug-likeness (QED) is 0.821. The molecule has 94 valence electrons. The van der Waals surface area contributed by atoms with E-state index in [2.05, 4.69) is 5.32 Å². The van der Waals surface area contributed by atoms with Gasteiger partial charge in [0, 0.05) is 10.6 Å². The van der Waals surface area contributed by atoms with Gasteiger partial charge in [-0.25, -0.2) is 0 Å². The molecular weight excluding hydrogens is 268 g/mol. The van der Waals surface area contributed by atoms with Crippen molar-refractivity contribution >= 4 is 40.2 Å². The van der Waals surface area contributed by atoms with Crippen LogP contribution < -0.4 is 11.1 Å². The Morgan fingerprint density at radius 1 is 1.33 bits per heavy atom. The fourth-order valence-corrected chi connectivity index (χ4v) is 2.51. The molecule has 0 aliphatic rings. The van der Waals surface area contributed by atoms with Crippen LogP contribution in [0.15, 0.2) is 24.3 Å². The second-order valence-corrected chi connectivity index (χ2v) is 5.75. The summed E-state index contributed by atoms with van der Waals surface area (Å²) in [5.74, 6) is -0.128. The molecule has 3 nitrogen and oxygen atoms in total. The number of carbonyl (C=O) groups excluding carboxylic acids is 1. The molecule has 0 atom stereocenters. The van der Waals surface area contributed by atoms with E-state index in [9.17, 15) is 4.79 Å². The van der Waals surface area contributed by atoms with Gasteiger partial charge in [-0.1, -0.05) is 11.6 Å². The highest BCUT2D eigenvalue weighted by Crippen LogP contribution is 2.27. The molecule has 0 unspecified atom stereocenters. The van der Waals surface area contributed by atoms with Gasteiger partial charge in [-0.05, 0) is 43.7 Å². The maximum Gasteiger partial charge on any atom is 0.265 e. The van der Waals surface area contributed by atoms with Crippen molar-refractivity contribution in [1.29, 1.82) is 0 Å². The highest BCUT2D eigenvalue weighted by atomic mass is 35.5. The predicted octanol–water partition coefficient (Wildman–Crippen LogP) is 3.85. The lowest BCUT2D eigenvalue weighted by atomic mass is 10.1. The van der Waals surface area contributed by atoms with Gasteiger partial charge in [-0.15, -0.1) is 11.3 Å². The minimum absolute atomic E-state index is 0.128. The molecule has 0 bridgehead atoms. The lowest BCUT2D eigenvalue weighted by Gasteiger charge is -2.09. The summed E-state index contributed by atoms with van der Waals surface area (Å²) >= 11 is 7.40. The van der Waals surface area contributed by atoms with Crippen molar-refractivity contribution in [2.24, 2.45) is 0 Å². The predicted molar refractivity (Wildman–Crippen MR) is 77.6 cm³/mol. The van der Waals surface area contributed by atoms with Gasteiger partial charge >= 0.3 is 0 Å². The molecule has 0 spiro atoms. The summed E-state index contributed by atoms with van der Waals surface area (Å²) in [4.78, 5) is 13.8. The van der Waals surface area contributed by atoms with Crippen LogP contribution in [0.5, 0.6) is 0 Å². The van der Waals surface area contributed by atoms with E-state index in [4.69, 9.17) is 17.3 Å². The zero-order valence-electron chi connectivity index (χ0n) is 10.1. The number of carbonyl (C=O) groups is 1. The Bertz CT molecular complexity index is 607. The third kappa shape index (κ3) is 2.66. The molecule has 1 aromatic heterocycles. The molecule has 1 amide bonds. The molecule has 5 heteroatoms. The third-order valence-electron chi connectivity index (χ3n) is 2.56. The summed E-state index contributed by atoms with van der Waals surface area (Å²) in [5, 5.41) is 3.28. The summed E-state index contributed by atoms with van der Waals surface area (Å²) in [5.41, 5.74) is 7.78. The first-order valence-corrected chi connectivity index (χ1v) is 6.60. The van der Waals surface area contributed by atoms with E-state index < -0.39 is 0 Å². The molecule has 0 fully saturated rings. The Labute approximate surface area is 115 Å². The summed E-state index contributed by atoms with van der Waals surface area (Å²) in [6, 6.07) is 7.15.